The molecule has 1 aromatic carbocycles. The van der Waals surface area contributed by atoms with Crippen LogP contribution in [0.15, 0.2) is 24.3 Å². The highest BCUT2D eigenvalue weighted by Crippen LogP contribution is 2.25. The molecule has 0 saturated heterocycles. The SMILES string of the molecule is Nc1ccc(NC(=O)C2CCCCC2)cc1. The van der Waals surface area contributed by atoms with E-state index in [9.17, 15) is 4.79 Å². The molecule has 1 saturated carbocycles. The molecule has 0 spiro atoms. The maximum Gasteiger partial charge on any atom is 0.227 e. The number of nitrogens with one attached hydrogen (secondary N) is 1. The minimum absolute atomic E-state index is 0.157. The van der Waals surface area contributed by atoms with Crippen molar-refractivity contribution in [3.8, 4) is 0 Å². The van der Waals surface area contributed by atoms with Crippen LogP contribution in [0.4, 0.5) is 11.4 Å². The number of hydrogen-bond donors (Lipinski definition) is 2. The van der Waals surface area contributed by atoms with Crippen LogP contribution in [0.1, 0.15) is 32.1 Å². The molecule has 1 aliphatic rings. The van der Waals surface area contributed by atoms with Crippen molar-refractivity contribution in [2.24, 2.45) is 5.92 Å². The molecule has 0 aromatic heterocycles. The molecule has 0 bridgehead atoms. The molecule has 3 N–H and O–H groups in total. The van der Waals surface area contributed by atoms with Crippen LogP contribution in [-0.4, -0.2) is 5.91 Å². The van der Waals surface area contributed by atoms with Gasteiger partial charge in [-0.3, -0.25) is 4.79 Å². The van der Waals surface area contributed by atoms with E-state index < -0.39 is 0 Å². The number of carbonyl (C=O) groups excluding carboxylic acids is 1. The minimum atomic E-state index is 0.157. The van der Waals surface area contributed by atoms with Gasteiger partial charge in [0.1, 0.15) is 0 Å². The number of carbonyl (C=O) groups is 1. The number of nitrogens with two attached hydrogens (primary N) is 1. The molecule has 1 aromatic rings. The molecular formula is C13H18N2O. The summed E-state index contributed by atoms with van der Waals surface area (Å²) in [5.74, 6) is 0.357. The number of benzene rings is 1. The quantitative estimate of drug-likeness (QED) is 0.750. The lowest BCUT2D eigenvalue weighted by Gasteiger charge is -2.20. The first-order valence-corrected chi connectivity index (χ1v) is 5.92. The molecular weight excluding hydrogens is 200 g/mol. The molecule has 16 heavy (non-hydrogen) atoms. The predicted octanol–water partition coefficient (Wildman–Crippen LogP) is 2.79. The van der Waals surface area contributed by atoms with Crippen LogP contribution in [0.2, 0.25) is 0 Å². The molecule has 0 atom stereocenters. The third-order valence-electron chi connectivity index (χ3n) is 3.15. The van der Waals surface area contributed by atoms with Crippen molar-refractivity contribution in [2.45, 2.75) is 32.1 Å². The molecule has 3 nitrogen and oxygen atoms in total. The van der Waals surface area contributed by atoms with Crippen LogP contribution in [0.25, 0.3) is 0 Å². The van der Waals surface area contributed by atoms with Crippen molar-refractivity contribution < 1.29 is 4.79 Å². The van der Waals surface area contributed by atoms with Crippen LogP contribution in [-0.2, 0) is 4.79 Å². The third-order valence-corrected chi connectivity index (χ3v) is 3.15. The van der Waals surface area contributed by atoms with Gasteiger partial charge in [0.05, 0.1) is 0 Å². The Morgan fingerprint density at radius 3 is 2.38 bits per heavy atom. The van der Waals surface area contributed by atoms with Crippen LogP contribution in [0.3, 0.4) is 0 Å². The topological polar surface area (TPSA) is 55.1 Å². The van der Waals surface area contributed by atoms with E-state index in [0.29, 0.717) is 0 Å². The lowest BCUT2D eigenvalue weighted by Crippen LogP contribution is -2.24. The molecule has 1 amide bonds. The average Bonchev–Trinajstić information content (AvgIpc) is 2.33. The Bertz CT molecular complexity index is 353. The number of hydrogen-bond acceptors (Lipinski definition) is 2. The molecule has 0 heterocycles. The first-order valence-electron chi connectivity index (χ1n) is 5.92. The summed E-state index contributed by atoms with van der Waals surface area (Å²) in [5, 5.41) is 2.94. The van der Waals surface area contributed by atoms with Gasteiger partial charge in [0.15, 0.2) is 0 Å². The summed E-state index contributed by atoms with van der Waals surface area (Å²) >= 11 is 0. The van der Waals surface area contributed by atoms with Gasteiger partial charge >= 0.3 is 0 Å². The highest BCUT2D eigenvalue weighted by molar-refractivity contribution is 5.92. The standard InChI is InChI=1S/C13H18N2O/c14-11-6-8-12(9-7-11)15-13(16)10-4-2-1-3-5-10/h6-10H,1-5,14H2,(H,15,16). The van der Waals surface area contributed by atoms with Gasteiger partial charge in [0, 0.05) is 17.3 Å². The van der Waals surface area contributed by atoms with E-state index >= 15 is 0 Å². The van der Waals surface area contributed by atoms with Crippen molar-refractivity contribution in [3.63, 3.8) is 0 Å². The van der Waals surface area contributed by atoms with E-state index in [-0.39, 0.29) is 11.8 Å². The normalized spacial score (nSPS) is 17.0. The van der Waals surface area contributed by atoms with Gasteiger partial charge in [0.2, 0.25) is 5.91 Å². The predicted molar refractivity (Wildman–Crippen MR) is 66.1 cm³/mol. The second-order valence-corrected chi connectivity index (χ2v) is 4.45. The molecule has 1 aliphatic carbocycles. The van der Waals surface area contributed by atoms with Crippen molar-refractivity contribution in [1.82, 2.24) is 0 Å². The molecule has 86 valence electrons. The fraction of sp³-hybridized carbons (Fsp3) is 0.462. The first kappa shape index (κ1) is 11.0. The van der Waals surface area contributed by atoms with Gasteiger partial charge in [-0.05, 0) is 37.1 Å². The van der Waals surface area contributed by atoms with E-state index in [1.165, 1.54) is 19.3 Å². The minimum Gasteiger partial charge on any atom is -0.399 e. The zero-order chi connectivity index (χ0) is 11.4. The van der Waals surface area contributed by atoms with Gasteiger partial charge < -0.3 is 11.1 Å². The molecule has 0 unspecified atom stereocenters. The zero-order valence-electron chi connectivity index (χ0n) is 9.41. The summed E-state index contributed by atoms with van der Waals surface area (Å²) in [6.07, 6.45) is 5.69. The van der Waals surface area contributed by atoms with Gasteiger partial charge in [-0.1, -0.05) is 19.3 Å². The van der Waals surface area contributed by atoms with Gasteiger partial charge in [-0.15, -0.1) is 0 Å². The van der Waals surface area contributed by atoms with E-state index in [2.05, 4.69) is 5.32 Å². The number of rotatable bonds is 2. The van der Waals surface area contributed by atoms with Crippen LogP contribution in [0.5, 0.6) is 0 Å². The Labute approximate surface area is 96.0 Å². The van der Waals surface area contributed by atoms with Crippen molar-refractivity contribution in [3.05, 3.63) is 24.3 Å². The van der Waals surface area contributed by atoms with Gasteiger partial charge in [-0.2, -0.15) is 0 Å². The Morgan fingerprint density at radius 2 is 1.75 bits per heavy atom. The summed E-state index contributed by atoms with van der Waals surface area (Å²) in [4.78, 5) is 11.9. The Kier molecular flexibility index (Phi) is 3.44. The maximum atomic E-state index is 11.9. The lowest BCUT2D eigenvalue weighted by atomic mass is 9.88. The molecule has 0 aliphatic heterocycles. The van der Waals surface area contributed by atoms with Gasteiger partial charge in [0.25, 0.3) is 0 Å². The Balaban J connectivity index is 1.93. The molecule has 0 radical (unpaired) electrons. The molecule has 1 fully saturated rings. The second-order valence-electron chi connectivity index (χ2n) is 4.45. The largest absolute Gasteiger partial charge is 0.399 e. The smallest absolute Gasteiger partial charge is 0.227 e. The Hall–Kier alpha value is -1.51. The summed E-state index contributed by atoms with van der Waals surface area (Å²) in [6.45, 7) is 0. The van der Waals surface area contributed by atoms with E-state index in [4.69, 9.17) is 5.73 Å². The maximum absolute atomic E-state index is 11.9. The highest BCUT2D eigenvalue weighted by Gasteiger charge is 2.20. The average molecular weight is 218 g/mol. The summed E-state index contributed by atoms with van der Waals surface area (Å²) in [6, 6.07) is 7.29. The fourth-order valence-electron chi connectivity index (χ4n) is 2.18. The van der Waals surface area contributed by atoms with E-state index in [0.717, 1.165) is 24.2 Å². The van der Waals surface area contributed by atoms with E-state index in [1.807, 2.05) is 12.1 Å². The summed E-state index contributed by atoms with van der Waals surface area (Å²) in [5.41, 5.74) is 7.14. The Morgan fingerprint density at radius 1 is 1.12 bits per heavy atom. The van der Waals surface area contributed by atoms with Crippen molar-refractivity contribution in [1.29, 1.82) is 0 Å². The summed E-state index contributed by atoms with van der Waals surface area (Å²) in [7, 11) is 0. The molecule has 2 rings (SSSR count). The number of nitrogen functional groups attached to an aromatic ring is 1. The third kappa shape index (κ3) is 2.75. The lowest BCUT2D eigenvalue weighted by molar-refractivity contribution is -0.120. The highest BCUT2D eigenvalue weighted by atomic mass is 16.1. The fourth-order valence-corrected chi connectivity index (χ4v) is 2.18. The van der Waals surface area contributed by atoms with Crippen molar-refractivity contribution in [2.75, 3.05) is 11.1 Å². The monoisotopic (exact) mass is 218 g/mol. The second kappa shape index (κ2) is 5.01. The number of amides is 1. The number of anilines is 2. The van der Waals surface area contributed by atoms with Crippen molar-refractivity contribution >= 4 is 17.3 Å². The van der Waals surface area contributed by atoms with Crippen LogP contribution >= 0.6 is 0 Å². The van der Waals surface area contributed by atoms with E-state index in [1.54, 1.807) is 12.1 Å². The van der Waals surface area contributed by atoms with Gasteiger partial charge in [-0.25, -0.2) is 0 Å². The molecule has 3 heteroatoms. The zero-order valence-corrected chi connectivity index (χ0v) is 9.41. The summed E-state index contributed by atoms with van der Waals surface area (Å²) < 4.78 is 0. The van der Waals surface area contributed by atoms with Crippen LogP contribution < -0.4 is 11.1 Å². The van der Waals surface area contributed by atoms with Crippen LogP contribution in [0, 0.1) is 5.92 Å². The first-order chi connectivity index (χ1) is 7.75.